The summed E-state index contributed by atoms with van der Waals surface area (Å²) in [6.07, 6.45) is 4.99. The average Bonchev–Trinajstić information content (AvgIpc) is 3.16. The Labute approximate surface area is 140 Å². The van der Waals surface area contributed by atoms with Crippen LogP contribution in [0.5, 0.6) is 5.75 Å². The minimum atomic E-state index is -0.396. The summed E-state index contributed by atoms with van der Waals surface area (Å²) in [7, 11) is 1.84. The van der Waals surface area contributed by atoms with Crippen LogP contribution in [0.3, 0.4) is 0 Å². The Balaban J connectivity index is 1.42. The number of rotatable bonds is 3. The molecule has 0 N–H and O–H groups in total. The second-order valence-electron chi connectivity index (χ2n) is 6.30. The Morgan fingerprint density at radius 3 is 3.00 bits per heavy atom. The van der Waals surface area contributed by atoms with Crippen LogP contribution in [0.1, 0.15) is 34.0 Å². The van der Waals surface area contributed by atoms with E-state index in [9.17, 15) is 4.79 Å². The fourth-order valence-electron chi connectivity index (χ4n) is 3.32. The van der Waals surface area contributed by atoms with E-state index in [1.807, 2.05) is 31.3 Å². The van der Waals surface area contributed by atoms with Gasteiger partial charge in [-0.2, -0.15) is 0 Å². The summed E-state index contributed by atoms with van der Waals surface area (Å²) in [6, 6.07) is 7.88. The molecule has 2 aliphatic rings. The lowest BCUT2D eigenvalue weighted by atomic mass is 10.0. The van der Waals surface area contributed by atoms with Crippen LogP contribution in [-0.4, -0.2) is 28.9 Å². The van der Waals surface area contributed by atoms with Gasteiger partial charge in [-0.15, -0.1) is 11.3 Å². The van der Waals surface area contributed by atoms with Gasteiger partial charge >= 0.3 is 0 Å². The van der Waals surface area contributed by atoms with E-state index in [2.05, 4.69) is 0 Å². The first-order valence-corrected chi connectivity index (χ1v) is 8.99. The zero-order valence-corrected chi connectivity index (χ0v) is 14.1. The fraction of sp³-hybridized carbons (Fsp3) is 0.444. The SMILES string of the molecule is CN(Cc1nc2c(s1)CCCC2)C(=O)[C@@H]1Cc2ccccc2O1. The maximum atomic E-state index is 12.6. The lowest BCUT2D eigenvalue weighted by Crippen LogP contribution is -2.38. The molecule has 0 saturated carbocycles. The number of fused-ring (bicyclic) bond motifs is 2. The molecule has 0 radical (unpaired) electrons. The number of para-hydroxylation sites is 1. The smallest absolute Gasteiger partial charge is 0.264 e. The van der Waals surface area contributed by atoms with Gasteiger partial charge in [-0.1, -0.05) is 18.2 Å². The zero-order chi connectivity index (χ0) is 15.8. The van der Waals surface area contributed by atoms with Crippen LogP contribution in [0, 0.1) is 0 Å². The summed E-state index contributed by atoms with van der Waals surface area (Å²) < 4.78 is 5.80. The molecule has 1 amide bonds. The molecule has 0 bridgehead atoms. The maximum absolute atomic E-state index is 12.6. The molecule has 4 rings (SSSR count). The van der Waals surface area contributed by atoms with Crippen molar-refractivity contribution in [2.24, 2.45) is 0 Å². The Hall–Kier alpha value is -1.88. The van der Waals surface area contributed by atoms with Gasteiger partial charge < -0.3 is 9.64 Å². The number of hydrogen-bond donors (Lipinski definition) is 0. The molecule has 0 unspecified atom stereocenters. The highest BCUT2D eigenvalue weighted by Gasteiger charge is 2.31. The van der Waals surface area contributed by atoms with E-state index in [0.29, 0.717) is 13.0 Å². The molecular weight excluding hydrogens is 308 g/mol. The average molecular weight is 328 g/mol. The number of aryl methyl sites for hydroxylation is 2. The zero-order valence-electron chi connectivity index (χ0n) is 13.2. The quantitative estimate of drug-likeness (QED) is 0.870. The summed E-state index contributed by atoms with van der Waals surface area (Å²) in [6.45, 7) is 0.576. The van der Waals surface area contributed by atoms with Crippen molar-refractivity contribution in [3.63, 3.8) is 0 Å². The van der Waals surface area contributed by atoms with Gasteiger partial charge in [0.15, 0.2) is 6.10 Å². The van der Waals surface area contributed by atoms with Gasteiger partial charge in [0.05, 0.1) is 12.2 Å². The predicted molar refractivity (Wildman–Crippen MR) is 89.8 cm³/mol. The van der Waals surface area contributed by atoms with Gasteiger partial charge in [-0.3, -0.25) is 4.79 Å². The van der Waals surface area contributed by atoms with Gasteiger partial charge in [0.25, 0.3) is 5.91 Å². The van der Waals surface area contributed by atoms with Crippen molar-refractivity contribution in [1.82, 2.24) is 9.88 Å². The Kier molecular flexibility index (Phi) is 3.81. The van der Waals surface area contributed by atoms with Crippen molar-refractivity contribution in [3.8, 4) is 5.75 Å². The van der Waals surface area contributed by atoms with E-state index in [1.54, 1.807) is 16.2 Å². The minimum Gasteiger partial charge on any atom is -0.480 e. The first-order valence-electron chi connectivity index (χ1n) is 8.17. The van der Waals surface area contributed by atoms with Crippen LogP contribution in [0.15, 0.2) is 24.3 Å². The van der Waals surface area contributed by atoms with E-state index in [4.69, 9.17) is 9.72 Å². The lowest BCUT2D eigenvalue weighted by Gasteiger charge is -2.19. The highest BCUT2D eigenvalue weighted by Crippen LogP contribution is 2.30. The number of amides is 1. The first-order chi connectivity index (χ1) is 11.2. The third-order valence-electron chi connectivity index (χ3n) is 4.56. The van der Waals surface area contributed by atoms with Crippen LogP contribution in [0.2, 0.25) is 0 Å². The molecule has 23 heavy (non-hydrogen) atoms. The maximum Gasteiger partial charge on any atom is 0.264 e. The summed E-state index contributed by atoms with van der Waals surface area (Å²) >= 11 is 1.77. The molecule has 2 heterocycles. The van der Waals surface area contributed by atoms with Crippen LogP contribution in [0.25, 0.3) is 0 Å². The second-order valence-corrected chi connectivity index (χ2v) is 7.47. The van der Waals surface area contributed by atoms with Crippen molar-refractivity contribution in [1.29, 1.82) is 0 Å². The molecule has 0 saturated heterocycles. The Bertz CT molecular complexity index is 692. The monoisotopic (exact) mass is 328 g/mol. The van der Waals surface area contributed by atoms with Crippen LogP contribution >= 0.6 is 11.3 Å². The van der Waals surface area contributed by atoms with Gasteiger partial charge in [0.2, 0.25) is 0 Å². The molecular formula is C18H20N2O2S. The summed E-state index contributed by atoms with van der Waals surface area (Å²) in [5, 5.41) is 1.04. The first kappa shape index (κ1) is 14.7. The minimum absolute atomic E-state index is 0.0365. The molecule has 1 aliphatic heterocycles. The number of carbonyl (C=O) groups is 1. The van der Waals surface area contributed by atoms with Gasteiger partial charge in [0, 0.05) is 18.3 Å². The van der Waals surface area contributed by atoms with Crippen molar-refractivity contribution in [2.75, 3.05) is 7.05 Å². The number of likely N-dealkylation sites (N-methyl/N-ethyl adjacent to an activating group) is 1. The molecule has 0 spiro atoms. The number of benzene rings is 1. The van der Waals surface area contributed by atoms with Crippen molar-refractivity contribution in [2.45, 2.75) is 44.8 Å². The van der Waals surface area contributed by atoms with Gasteiger partial charge in [-0.25, -0.2) is 4.98 Å². The molecule has 4 nitrogen and oxygen atoms in total. The van der Waals surface area contributed by atoms with Crippen LogP contribution in [-0.2, 0) is 30.6 Å². The number of carbonyl (C=O) groups excluding carboxylic acids is 1. The summed E-state index contributed by atoms with van der Waals surface area (Å²) in [4.78, 5) is 20.5. The predicted octanol–water partition coefficient (Wildman–Crippen LogP) is 2.98. The lowest BCUT2D eigenvalue weighted by molar-refractivity contribution is -0.137. The van der Waals surface area contributed by atoms with E-state index in [0.717, 1.165) is 29.2 Å². The molecule has 1 atom stereocenters. The van der Waals surface area contributed by atoms with E-state index in [-0.39, 0.29) is 5.91 Å². The molecule has 1 aromatic heterocycles. The summed E-state index contributed by atoms with van der Waals surface area (Å²) in [5.41, 5.74) is 2.37. The highest BCUT2D eigenvalue weighted by atomic mass is 32.1. The largest absolute Gasteiger partial charge is 0.480 e. The number of ether oxygens (including phenoxy) is 1. The number of aromatic nitrogens is 1. The normalized spacial score (nSPS) is 18.9. The van der Waals surface area contributed by atoms with Crippen LogP contribution in [0.4, 0.5) is 0 Å². The van der Waals surface area contributed by atoms with E-state index >= 15 is 0 Å². The molecule has 1 aliphatic carbocycles. The second kappa shape index (κ2) is 5.96. The Morgan fingerprint density at radius 1 is 1.35 bits per heavy atom. The highest BCUT2D eigenvalue weighted by molar-refractivity contribution is 7.11. The van der Waals surface area contributed by atoms with Crippen molar-refractivity contribution < 1.29 is 9.53 Å². The number of thiazole rings is 1. The van der Waals surface area contributed by atoms with Gasteiger partial charge in [0.1, 0.15) is 10.8 Å². The molecule has 0 fully saturated rings. The van der Waals surface area contributed by atoms with E-state index < -0.39 is 6.10 Å². The Morgan fingerprint density at radius 2 is 2.17 bits per heavy atom. The molecule has 5 heteroatoms. The third-order valence-corrected chi connectivity index (χ3v) is 5.70. The van der Waals surface area contributed by atoms with Gasteiger partial charge in [-0.05, 0) is 37.3 Å². The van der Waals surface area contributed by atoms with Crippen molar-refractivity contribution in [3.05, 3.63) is 45.4 Å². The molecule has 120 valence electrons. The summed E-state index contributed by atoms with van der Waals surface area (Å²) in [5.74, 6) is 0.873. The number of nitrogens with zero attached hydrogens (tertiary/aromatic N) is 2. The molecule has 2 aromatic rings. The topological polar surface area (TPSA) is 42.4 Å². The third kappa shape index (κ3) is 2.85. The standard InChI is InChI=1S/C18H20N2O2S/c1-20(11-17-19-13-7-3-5-9-16(13)23-17)18(21)15-10-12-6-2-4-8-14(12)22-15/h2,4,6,8,15H,3,5,7,9-11H2,1H3/t15-/m0/s1. The molecule has 1 aromatic carbocycles. The fourth-order valence-corrected chi connectivity index (χ4v) is 4.53. The van der Waals surface area contributed by atoms with Crippen LogP contribution < -0.4 is 4.74 Å². The number of hydrogen-bond acceptors (Lipinski definition) is 4. The van der Waals surface area contributed by atoms with Crippen molar-refractivity contribution >= 4 is 17.2 Å². The van der Waals surface area contributed by atoms with E-state index in [1.165, 1.54) is 23.4 Å².